The van der Waals surface area contributed by atoms with Crippen LogP contribution in [0.15, 0.2) is 12.1 Å². The second kappa shape index (κ2) is 7.39. The minimum absolute atomic E-state index is 0. The van der Waals surface area contributed by atoms with Gasteiger partial charge in [0.1, 0.15) is 11.5 Å². The Hall–Kier alpha value is -0.890. The van der Waals surface area contributed by atoms with Gasteiger partial charge in [-0.15, -0.1) is 12.4 Å². The van der Waals surface area contributed by atoms with Crippen molar-refractivity contribution in [3.05, 3.63) is 23.3 Å². The second-order valence-electron chi connectivity index (χ2n) is 3.74. The Morgan fingerprint density at radius 1 is 1.06 bits per heavy atom. The lowest BCUT2D eigenvalue weighted by molar-refractivity contribution is 0.396. The molecule has 0 fully saturated rings. The van der Waals surface area contributed by atoms with Crippen molar-refractivity contribution in [3.63, 3.8) is 0 Å². The van der Waals surface area contributed by atoms with E-state index in [9.17, 15) is 0 Å². The molecule has 0 heterocycles. The van der Waals surface area contributed by atoms with Crippen LogP contribution in [-0.4, -0.2) is 14.2 Å². The summed E-state index contributed by atoms with van der Waals surface area (Å²) in [5.74, 6) is 1.92. The molecule has 92 valence electrons. The van der Waals surface area contributed by atoms with E-state index in [1.165, 1.54) is 18.4 Å². The monoisotopic (exact) mass is 244 g/mol. The third kappa shape index (κ3) is 3.60. The number of rotatable bonds is 5. The molecule has 1 aromatic carbocycles. The lowest BCUT2D eigenvalue weighted by Crippen LogP contribution is -1.96. The zero-order chi connectivity index (χ0) is 11.3. The maximum absolute atomic E-state index is 5.37. The molecule has 0 aliphatic rings. The SMILES string of the molecule is CCCCc1cc(OC)c(C)cc1OC.Cl. The fraction of sp³-hybridized carbons (Fsp3) is 0.538. The highest BCUT2D eigenvalue weighted by atomic mass is 35.5. The van der Waals surface area contributed by atoms with Gasteiger partial charge in [0.2, 0.25) is 0 Å². The zero-order valence-electron chi connectivity index (χ0n) is 10.5. The Kier molecular flexibility index (Phi) is 6.98. The molecule has 16 heavy (non-hydrogen) atoms. The topological polar surface area (TPSA) is 18.5 Å². The van der Waals surface area contributed by atoms with Crippen molar-refractivity contribution in [1.82, 2.24) is 0 Å². The van der Waals surface area contributed by atoms with Crippen LogP contribution in [0.1, 0.15) is 30.9 Å². The maximum Gasteiger partial charge on any atom is 0.122 e. The number of benzene rings is 1. The first-order valence-electron chi connectivity index (χ1n) is 5.44. The highest BCUT2D eigenvalue weighted by Gasteiger charge is 2.07. The van der Waals surface area contributed by atoms with Crippen molar-refractivity contribution in [2.24, 2.45) is 0 Å². The molecule has 0 saturated heterocycles. The summed E-state index contributed by atoms with van der Waals surface area (Å²) in [5.41, 5.74) is 2.36. The average molecular weight is 245 g/mol. The predicted octanol–water partition coefficient (Wildman–Crippen LogP) is 3.78. The third-order valence-corrected chi connectivity index (χ3v) is 2.60. The van der Waals surface area contributed by atoms with Gasteiger partial charge in [-0.05, 0) is 43.0 Å². The Labute approximate surface area is 104 Å². The highest BCUT2D eigenvalue weighted by molar-refractivity contribution is 5.85. The predicted molar refractivity (Wildman–Crippen MR) is 70.1 cm³/mol. The van der Waals surface area contributed by atoms with E-state index < -0.39 is 0 Å². The number of unbranched alkanes of at least 4 members (excludes halogenated alkanes) is 1. The molecule has 3 heteroatoms. The smallest absolute Gasteiger partial charge is 0.122 e. The summed E-state index contributed by atoms with van der Waals surface area (Å²) in [6.07, 6.45) is 3.43. The van der Waals surface area contributed by atoms with E-state index >= 15 is 0 Å². The summed E-state index contributed by atoms with van der Waals surface area (Å²) in [7, 11) is 3.43. The first-order valence-corrected chi connectivity index (χ1v) is 5.44. The van der Waals surface area contributed by atoms with Crippen molar-refractivity contribution >= 4 is 12.4 Å². The number of halogens is 1. The van der Waals surface area contributed by atoms with Gasteiger partial charge in [-0.25, -0.2) is 0 Å². The van der Waals surface area contributed by atoms with Gasteiger partial charge in [0.15, 0.2) is 0 Å². The van der Waals surface area contributed by atoms with Crippen molar-refractivity contribution in [2.75, 3.05) is 14.2 Å². The van der Waals surface area contributed by atoms with E-state index in [0.717, 1.165) is 23.5 Å². The minimum atomic E-state index is 0. The maximum atomic E-state index is 5.37. The molecule has 0 atom stereocenters. The molecule has 0 bridgehead atoms. The summed E-state index contributed by atoms with van der Waals surface area (Å²) < 4.78 is 10.7. The largest absolute Gasteiger partial charge is 0.496 e. The summed E-state index contributed by atoms with van der Waals surface area (Å²) in [4.78, 5) is 0. The summed E-state index contributed by atoms with van der Waals surface area (Å²) >= 11 is 0. The van der Waals surface area contributed by atoms with Crippen LogP contribution in [0.4, 0.5) is 0 Å². The van der Waals surface area contributed by atoms with E-state index in [4.69, 9.17) is 9.47 Å². The summed E-state index contributed by atoms with van der Waals surface area (Å²) in [5, 5.41) is 0. The Morgan fingerprint density at radius 3 is 2.19 bits per heavy atom. The molecule has 1 rings (SSSR count). The van der Waals surface area contributed by atoms with Crippen LogP contribution in [0, 0.1) is 6.92 Å². The van der Waals surface area contributed by atoms with Crippen molar-refractivity contribution in [3.8, 4) is 11.5 Å². The van der Waals surface area contributed by atoms with E-state index in [1.54, 1.807) is 14.2 Å². The third-order valence-electron chi connectivity index (χ3n) is 2.60. The Balaban J connectivity index is 0.00000225. The van der Waals surface area contributed by atoms with Crippen LogP contribution in [0.3, 0.4) is 0 Å². The van der Waals surface area contributed by atoms with Gasteiger partial charge in [-0.1, -0.05) is 13.3 Å². The molecule has 1 aromatic rings. The second-order valence-corrected chi connectivity index (χ2v) is 3.74. The normalized spacial score (nSPS) is 9.50. The lowest BCUT2D eigenvalue weighted by Gasteiger charge is -2.12. The molecule has 0 saturated carbocycles. The van der Waals surface area contributed by atoms with Crippen LogP contribution in [-0.2, 0) is 6.42 Å². The summed E-state index contributed by atoms with van der Waals surface area (Å²) in [6, 6.07) is 4.13. The highest BCUT2D eigenvalue weighted by Crippen LogP contribution is 2.29. The molecule has 0 aromatic heterocycles. The van der Waals surface area contributed by atoms with Gasteiger partial charge in [0.05, 0.1) is 14.2 Å². The van der Waals surface area contributed by atoms with Gasteiger partial charge in [0, 0.05) is 0 Å². The minimum Gasteiger partial charge on any atom is -0.496 e. The molecule has 0 aliphatic carbocycles. The Bertz CT molecular complexity index is 324. The number of ether oxygens (including phenoxy) is 2. The molecule has 0 unspecified atom stereocenters. The number of aryl methyl sites for hydroxylation is 2. The number of hydrogen-bond acceptors (Lipinski definition) is 2. The van der Waals surface area contributed by atoms with Crippen molar-refractivity contribution in [2.45, 2.75) is 33.1 Å². The lowest BCUT2D eigenvalue weighted by atomic mass is 10.0. The van der Waals surface area contributed by atoms with Gasteiger partial charge in [-0.3, -0.25) is 0 Å². The van der Waals surface area contributed by atoms with Crippen molar-refractivity contribution < 1.29 is 9.47 Å². The van der Waals surface area contributed by atoms with E-state index in [1.807, 2.05) is 13.0 Å². The number of methoxy groups -OCH3 is 2. The van der Waals surface area contributed by atoms with Crippen LogP contribution < -0.4 is 9.47 Å². The molecule has 0 radical (unpaired) electrons. The van der Waals surface area contributed by atoms with Gasteiger partial charge in [0.25, 0.3) is 0 Å². The molecular weight excluding hydrogens is 224 g/mol. The van der Waals surface area contributed by atoms with Crippen molar-refractivity contribution in [1.29, 1.82) is 0 Å². The van der Waals surface area contributed by atoms with Crippen LogP contribution in [0.2, 0.25) is 0 Å². The van der Waals surface area contributed by atoms with Crippen LogP contribution in [0.5, 0.6) is 11.5 Å². The molecule has 0 amide bonds. The van der Waals surface area contributed by atoms with Gasteiger partial charge < -0.3 is 9.47 Å². The molecule has 0 aliphatic heterocycles. The number of hydrogen-bond donors (Lipinski definition) is 0. The fourth-order valence-corrected chi connectivity index (χ4v) is 1.68. The van der Waals surface area contributed by atoms with E-state index in [2.05, 4.69) is 13.0 Å². The van der Waals surface area contributed by atoms with Crippen LogP contribution >= 0.6 is 12.4 Å². The molecular formula is C13H21ClO2. The summed E-state index contributed by atoms with van der Waals surface area (Å²) in [6.45, 7) is 4.23. The average Bonchev–Trinajstić information content (AvgIpc) is 2.26. The van der Waals surface area contributed by atoms with E-state index in [0.29, 0.717) is 0 Å². The Morgan fingerprint density at radius 2 is 1.69 bits per heavy atom. The molecule has 0 spiro atoms. The quantitative estimate of drug-likeness (QED) is 0.785. The standard InChI is InChI=1S/C13H20O2.ClH/c1-5-6-7-11-9-12(14-3)10(2)8-13(11)15-4;/h8-9H,5-7H2,1-4H3;1H. The first kappa shape index (κ1) is 15.1. The molecule has 2 nitrogen and oxygen atoms in total. The first-order chi connectivity index (χ1) is 7.22. The van der Waals surface area contributed by atoms with Gasteiger partial charge in [-0.2, -0.15) is 0 Å². The van der Waals surface area contributed by atoms with Gasteiger partial charge >= 0.3 is 0 Å². The zero-order valence-corrected chi connectivity index (χ0v) is 11.3. The van der Waals surface area contributed by atoms with Crippen LogP contribution in [0.25, 0.3) is 0 Å². The molecule has 0 N–H and O–H groups in total. The van der Waals surface area contributed by atoms with E-state index in [-0.39, 0.29) is 12.4 Å². The fourth-order valence-electron chi connectivity index (χ4n) is 1.68.